The number of carbonyl (C=O) groups excluding carboxylic acids is 1. The Labute approximate surface area is 177 Å². The van der Waals surface area contributed by atoms with Gasteiger partial charge in [0, 0.05) is 0 Å². The molecular weight excluding hydrogens is 412 g/mol. The zero-order chi connectivity index (χ0) is 21.1. The van der Waals surface area contributed by atoms with Crippen molar-refractivity contribution in [1.29, 1.82) is 0 Å². The molecule has 1 aliphatic rings. The minimum Gasteiger partial charge on any atom is -0.493 e. The van der Waals surface area contributed by atoms with Crippen LogP contribution in [-0.4, -0.2) is 34.3 Å². The Hall–Kier alpha value is -2.91. The first-order valence-electron chi connectivity index (χ1n) is 8.55. The molecule has 1 aliphatic heterocycles. The quantitative estimate of drug-likeness (QED) is 0.292. The number of rotatable bonds is 6. The Bertz CT molecular complexity index is 1020. The fourth-order valence-corrected chi connectivity index (χ4v) is 4.06. The first-order valence-corrected chi connectivity index (χ1v) is 9.78. The lowest BCUT2D eigenvalue weighted by Crippen LogP contribution is -2.27. The molecule has 0 bridgehead atoms. The van der Waals surface area contributed by atoms with E-state index in [1.165, 1.54) is 37.3 Å². The molecule has 0 N–H and O–H groups in total. The average Bonchev–Trinajstić information content (AvgIpc) is 2.96. The van der Waals surface area contributed by atoms with Crippen molar-refractivity contribution >= 4 is 46.0 Å². The Balaban J connectivity index is 1.94. The first-order chi connectivity index (χ1) is 13.8. The fraction of sp³-hybridized carbons (Fsp3) is 0.200. The molecule has 0 atom stereocenters. The molecule has 1 fully saturated rings. The van der Waals surface area contributed by atoms with Crippen LogP contribution in [-0.2, 0) is 11.3 Å². The number of nitro benzene ring substituents is 1. The maximum atomic E-state index is 12.9. The number of hydrogen-bond donors (Lipinski definition) is 0. The standard InChI is InChI=1S/C20H18N2O5S2/c1-12-4-6-13(7-5-12)11-21-19(23)18(29-20(21)28)9-14-8-16(26-2)17(27-3)10-15(14)22(24)25/h4-10H,11H2,1-3H3/b18-9-. The molecule has 7 nitrogen and oxygen atoms in total. The summed E-state index contributed by atoms with van der Waals surface area (Å²) in [5, 5.41) is 11.5. The predicted molar refractivity (Wildman–Crippen MR) is 116 cm³/mol. The Morgan fingerprint density at radius 3 is 2.38 bits per heavy atom. The molecule has 3 rings (SSSR count). The summed E-state index contributed by atoms with van der Waals surface area (Å²) in [5.41, 5.74) is 2.12. The summed E-state index contributed by atoms with van der Waals surface area (Å²) in [6, 6.07) is 10.6. The van der Waals surface area contributed by atoms with Gasteiger partial charge in [0.25, 0.3) is 11.6 Å². The summed E-state index contributed by atoms with van der Waals surface area (Å²) in [6.07, 6.45) is 1.47. The topological polar surface area (TPSA) is 81.9 Å². The van der Waals surface area contributed by atoms with Crippen molar-refractivity contribution in [3.8, 4) is 11.5 Å². The van der Waals surface area contributed by atoms with E-state index in [9.17, 15) is 14.9 Å². The van der Waals surface area contributed by atoms with Gasteiger partial charge in [0.05, 0.1) is 42.2 Å². The van der Waals surface area contributed by atoms with Gasteiger partial charge in [0.1, 0.15) is 4.32 Å². The van der Waals surface area contributed by atoms with Crippen molar-refractivity contribution in [3.05, 3.63) is 68.1 Å². The number of nitrogens with zero attached hydrogens (tertiary/aromatic N) is 2. The molecule has 1 amide bonds. The number of benzene rings is 2. The summed E-state index contributed by atoms with van der Waals surface area (Å²) >= 11 is 6.47. The largest absolute Gasteiger partial charge is 0.493 e. The van der Waals surface area contributed by atoms with E-state index in [-0.39, 0.29) is 22.9 Å². The van der Waals surface area contributed by atoms with Crippen molar-refractivity contribution in [1.82, 2.24) is 4.90 Å². The number of methoxy groups -OCH3 is 2. The first kappa shape index (κ1) is 20.8. The van der Waals surface area contributed by atoms with Crippen LogP contribution in [0.1, 0.15) is 16.7 Å². The monoisotopic (exact) mass is 430 g/mol. The van der Waals surface area contributed by atoms with Gasteiger partial charge in [-0.15, -0.1) is 0 Å². The van der Waals surface area contributed by atoms with Gasteiger partial charge in [-0.25, -0.2) is 0 Å². The molecule has 1 heterocycles. The third-order valence-electron chi connectivity index (χ3n) is 4.35. The smallest absolute Gasteiger partial charge is 0.280 e. The minimum atomic E-state index is -0.527. The summed E-state index contributed by atoms with van der Waals surface area (Å²) < 4.78 is 10.8. The van der Waals surface area contributed by atoms with Crippen LogP contribution in [0.5, 0.6) is 11.5 Å². The van der Waals surface area contributed by atoms with Gasteiger partial charge in [0.2, 0.25) is 0 Å². The van der Waals surface area contributed by atoms with Crippen molar-refractivity contribution < 1.29 is 19.2 Å². The van der Waals surface area contributed by atoms with Crippen LogP contribution in [0.2, 0.25) is 0 Å². The van der Waals surface area contributed by atoms with Crippen LogP contribution in [0.3, 0.4) is 0 Å². The third-order valence-corrected chi connectivity index (χ3v) is 5.73. The van der Waals surface area contributed by atoms with E-state index in [1.807, 2.05) is 31.2 Å². The van der Waals surface area contributed by atoms with Gasteiger partial charge >= 0.3 is 0 Å². The highest BCUT2D eigenvalue weighted by atomic mass is 32.2. The molecule has 1 saturated heterocycles. The molecule has 0 unspecified atom stereocenters. The Morgan fingerprint density at radius 2 is 1.79 bits per heavy atom. The number of aryl methyl sites for hydroxylation is 1. The molecule has 9 heteroatoms. The maximum Gasteiger partial charge on any atom is 0.280 e. The van der Waals surface area contributed by atoms with Crippen LogP contribution >= 0.6 is 24.0 Å². The average molecular weight is 431 g/mol. The summed E-state index contributed by atoms with van der Waals surface area (Å²) in [7, 11) is 2.84. The van der Waals surface area contributed by atoms with Gasteiger partial charge in [-0.2, -0.15) is 0 Å². The van der Waals surface area contributed by atoms with Gasteiger partial charge < -0.3 is 9.47 Å². The van der Waals surface area contributed by atoms with E-state index in [1.54, 1.807) is 0 Å². The van der Waals surface area contributed by atoms with Crippen molar-refractivity contribution in [2.75, 3.05) is 14.2 Å². The second-order valence-corrected chi connectivity index (χ2v) is 7.95. The Morgan fingerprint density at radius 1 is 1.17 bits per heavy atom. The van der Waals surface area contributed by atoms with Crippen LogP contribution in [0.25, 0.3) is 6.08 Å². The second kappa shape index (κ2) is 8.62. The third kappa shape index (κ3) is 4.41. The number of carbonyl (C=O) groups is 1. The molecule has 2 aromatic rings. The molecule has 150 valence electrons. The minimum absolute atomic E-state index is 0.188. The lowest BCUT2D eigenvalue weighted by Gasteiger charge is -2.14. The van der Waals surface area contributed by atoms with Gasteiger partial charge in [-0.3, -0.25) is 19.8 Å². The number of thiocarbonyl (C=S) groups is 1. The maximum absolute atomic E-state index is 12.9. The van der Waals surface area contributed by atoms with E-state index in [4.69, 9.17) is 21.7 Å². The van der Waals surface area contributed by atoms with Crippen LogP contribution < -0.4 is 9.47 Å². The highest BCUT2D eigenvalue weighted by Crippen LogP contribution is 2.39. The summed E-state index contributed by atoms with van der Waals surface area (Å²) in [5.74, 6) is 0.285. The number of amides is 1. The lowest BCUT2D eigenvalue weighted by atomic mass is 10.1. The van der Waals surface area contributed by atoms with E-state index < -0.39 is 4.92 Å². The van der Waals surface area contributed by atoms with Crippen molar-refractivity contribution in [2.45, 2.75) is 13.5 Å². The van der Waals surface area contributed by atoms with Crippen LogP contribution in [0.15, 0.2) is 41.3 Å². The molecule has 29 heavy (non-hydrogen) atoms. The molecule has 0 saturated carbocycles. The van der Waals surface area contributed by atoms with Gasteiger partial charge in [0.15, 0.2) is 11.5 Å². The Kier molecular flexibility index (Phi) is 6.19. The predicted octanol–water partition coefficient (Wildman–Crippen LogP) is 4.32. The molecular formula is C20H18N2O5S2. The number of thioether (sulfide) groups is 1. The molecule has 0 aromatic heterocycles. The zero-order valence-corrected chi connectivity index (χ0v) is 17.6. The van der Waals surface area contributed by atoms with Crippen LogP contribution in [0, 0.1) is 17.0 Å². The summed E-state index contributed by atoms with van der Waals surface area (Å²) in [4.78, 5) is 25.6. The number of ether oxygens (including phenoxy) is 2. The van der Waals surface area contributed by atoms with Gasteiger partial charge in [-0.05, 0) is 24.6 Å². The fourth-order valence-electron chi connectivity index (χ4n) is 2.81. The number of nitro groups is 1. The molecule has 2 aromatic carbocycles. The van der Waals surface area contributed by atoms with E-state index in [0.29, 0.717) is 21.5 Å². The highest BCUT2D eigenvalue weighted by Gasteiger charge is 2.33. The van der Waals surface area contributed by atoms with Gasteiger partial charge in [-0.1, -0.05) is 53.8 Å². The SMILES string of the molecule is COc1cc(/C=C2\SC(=S)N(Cc3ccc(C)cc3)C2=O)c([N+](=O)[O-])cc1OC. The highest BCUT2D eigenvalue weighted by molar-refractivity contribution is 8.26. The van der Waals surface area contributed by atoms with E-state index in [2.05, 4.69) is 0 Å². The molecule has 0 aliphatic carbocycles. The van der Waals surface area contributed by atoms with E-state index in [0.717, 1.165) is 22.9 Å². The van der Waals surface area contributed by atoms with E-state index >= 15 is 0 Å². The summed E-state index contributed by atoms with van der Waals surface area (Å²) in [6.45, 7) is 2.33. The molecule has 0 radical (unpaired) electrons. The van der Waals surface area contributed by atoms with Crippen molar-refractivity contribution in [3.63, 3.8) is 0 Å². The van der Waals surface area contributed by atoms with Crippen molar-refractivity contribution in [2.24, 2.45) is 0 Å². The second-order valence-electron chi connectivity index (χ2n) is 6.28. The molecule has 0 spiro atoms. The normalized spacial score (nSPS) is 15.1. The van der Waals surface area contributed by atoms with Crippen LogP contribution in [0.4, 0.5) is 5.69 Å². The lowest BCUT2D eigenvalue weighted by molar-refractivity contribution is -0.385. The zero-order valence-electron chi connectivity index (χ0n) is 16.0. The number of hydrogen-bond acceptors (Lipinski definition) is 7.